The smallest absolute Gasteiger partial charge is 0.228 e. The van der Waals surface area contributed by atoms with E-state index in [9.17, 15) is 4.79 Å². The predicted octanol–water partition coefficient (Wildman–Crippen LogP) is 1.88. The van der Waals surface area contributed by atoms with Crippen LogP contribution in [0.3, 0.4) is 0 Å². The van der Waals surface area contributed by atoms with Gasteiger partial charge in [0.25, 0.3) is 0 Å². The molecular formula is C13H19N3O2. The van der Waals surface area contributed by atoms with E-state index in [1.54, 1.807) is 13.3 Å². The van der Waals surface area contributed by atoms with E-state index in [-0.39, 0.29) is 11.8 Å². The van der Waals surface area contributed by atoms with E-state index in [1.165, 1.54) is 0 Å². The first-order chi connectivity index (χ1) is 8.79. The number of methoxy groups -OCH3 is 1. The zero-order valence-corrected chi connectivity index (χ0v) is 10.6. The highest BCUT2D eigenvalue weighted by molar-refractivity contribution is 5.92. The molecule has 0 atom stereocenters. The monoisotopic (exact) mass is 249 g/mol. The zero-order valence-electron chi connectivity index (χ0n) is 10.6. The summed E-state index contributed by atoms with van der Waals surface area (Å²) in [6.45, 7) is 1.39. The number of amides is 1. The van der Waals surface area contributed by atoms with Gasteiger partial charge in [0.05, 0.1) is 18.5 Å². The molecule has 0 radical (unpaired) electrons. The van der Waals surface area contributed by atoms with Crippen molar-refractivity contribution in [3.8, 4) is 0 Å². The average Bonchev–Trinajstić information content (AvgIpc) is 2.29. The van der Waals surface area contributed by atoms with Crippen molar-refractivity contribution in [2.45, 2.75) is 19.3 Å². The fraction of sp³-hybridized carbons (Fsp3) is 0.538. The summed E-state index contributed by atoms with van der Waals surface area (Å²) < 4.78 is 4.95. The quantitative estimate of drug-likeness (QED) is 0.756. The molecule has 1 aliphatic rings. The summed E-state index contributed by atoms with van der Waals surface area (Å²) in [6.07, 6.45) is 4.88. The lowest BCUT2D eigenvalue weighted by atomic mass is 9.85. The number of nitrogens with one attached hydrogen (secondary N) is 2. The van der Waals surface area contributed by atoms with Gasteiger partial charge in [-0.1, -0.05) is 6.42 Å². The molecule has 1 amide bonds. The molecule has 1 aromatic rings. The highest BCUT2D eigenvalue weighted by atomic mass is 16.5. The van der Waals surface area contributed by atoms with E-state index in [0.29, 0.717) is 12.4 Å². The van der Waals surface area contributed by atoms with Gasteiger partial charge in [0, 0.05) is 19.6 Å². The van der Waals surface area contributed by atoms with Crippen LogP contribution in [-0.4, -0.2) is 31.2 Å². The van der Waals surface area contributed by atoms with Gasteiger partial charge in [-0.15, -0.1) is 0 Å². The van der Waals surface area contributed by atoms with Crippen LogP contribution in [0.25, 0.3) is 0 Å². The maximum Gasteiger partial charge on any atom is 0.228 e. The minimum Gasteiger partial charge on any atom is -0.383 e. The van der Waals surface area contributed by atoms with Gasteiger partial charge in [-0.25, -0.2) is 4.98 Å². The molecule has 2 rings (SSSR count). The van der Waals surface area contributed by atoms with E-state index < -0.39 is 0 Å². The third-order valence-electron chi connectivity index (χ3n) is 3.13. The van der Waals surface area contributed by atoms with Crippen LogP contribution >= 0.6 is 0 Å². The zero-order chi connectivity index (χ0) is 12.8. The van der Waals surface area contributed by atoms with Crippen molar-refractivity contribution in [1.29, 1.82) is 0 Å². The lowest BCUT2D eigenvalue weighted by Crippen LogP contribution is -2.28. The van der Waals surface area contributed by atoms with Gasteiger partial charge in [-0.3, -0.25) is 4.79 Å². The minimum atomic E-state index is 0.0915. The van der Waals surface area contributed by atoms with Crippen molar-refractivity contribution >= 4 is 17.4 Å². The molecular weight excluding hydrogens is 230 g/mol. The Morgan fingerprint density at radius 2 is 2.33 bits per heavy atom. The SMILES string of the molecule is COCCNc1ccc(NC(=O)C2CCC2)nc1. The predicted molar refractivity (Wildman–Crippen MR) is 70.6 cm³/mol. The van der Waals surface area contributed by atoms with Crippen LogP contribution in [-0.2, 0) is 9.53 Å². The molecule has 0 spiro atoms. The second kappa shape index (κ2) is 6.35. The Bertz CT molecular complexity index is 388. The Balaban J connectivity index is 1.81. The standard InChI is InChI=1S/C13H19N3O2/c1-18-8-7-14-11-5-6-12(15-9-11)16-13(17)10-3-2-4-10/h5-6,9-10,14H,2-4,7-8H2,1H3,(H,15,16,17). The molecule has 1 fully saturated rings. The highest BCUT2D eigenvalue weighted by Crippen LogP contribution is 2.27. The summed E-state index contributed by atoms with van der Waals surface area (Å²) in [5.41, 5.74) is 0.925. The Labute approximate surface area is 107 Å². The van der Waals surface area contributed by atoms with Crippen LogP contribution in [0.4, 0.5) is 11.5 Å². The number of hydrogen-bond acceptors (Lipinski definition) is 4. The van der Waals surface area contributed by atoms with Gasteiger partial charge in [-0.2, -0.15) is 0 Å². The number of rotatable bonds is 6. The summed E-state index contributed by atoms with van der Waals surface area (Å²) in [7, 11) is 1.67. The van der Waals surface area contributed by atoms with Crippen LogP contribution < -0.4 is 10.6 Å². The molecule has 1 aliphatic carbocycles. The molecule has 5 nitrogen and oxygen atoms in total. The molecule has 2 N–H and O–H groups in total. The molecule has 0 saturated heterocycles. The third kappa shape index (κ3) is 3.43. The summed E-state index contributed by atoms with van der Waals surface area (Å²) in [6, 6.07) is 3.71. The maximum absolute atomic E-state index is 11.7. The first kappa shape index (κ1) is 12.8. The highest BCUT2D eigenvalue weighted by Gasteiger charge is 2.25. The maximum atomic E-state index is 11.7. The van der Waals surface area contributed by atoms with Crippen molar-refractivity contribution in [2.24, 2.45) is 5.92 Å². The fourth-order valence-corrected chi connectivity index (χ4v) is 1.77. The van der Waals surface area contributed by atoms with Crippen molar-refractivity contribution < 1.29 is 9.53 Å². The normalized spacial score (nSPS) is 14.9. The van der Waals surface area contributed by atoms with Crippen molar-refractivity contribution in [1.82, 2.24) is 4.98 Å². The topological polar surface area (TPSA) is 63.2 Å². The first-order valence-electron chi connectivity index (χ1n) is 6.29. The van der Waals surface area contributed by atoms with Gasteiger partial charge in [-0.05, 0) is 25.0 Å². The molecule has 18 heavy (non-hydrogen) atoms. The Morgan fingerprint density at radius 1 is 1.50 bits per heavy atom. The molecule has 0 aliphatic heterocycles. The molecule has 0 aromatic carbocycles. The number of nitrogens with zero attached hydrogens (tertiary/aromatic N) is 1. The number of anilines is 2. The number of carbonyl (C=O) groups is 1. The number of carbonyl (C=O) groups excluding carboxylic acids is 1. The van der Waals surface area contributed by atoms with Gasteiger partial charge in [0.15, 0.2) is 0 Å². The van der Waals surface area contributed by atoms with E-state index in [2.05, 4.69) is 15.6 Å². The van der Waals surface area contributed by atoms with E-state index in [4.69, 9.17) is 4.74 Å². The second-order valence-electron chi connectivity index (χ2n) is 4.47. The van der Waals surface area contributed by atoms with E-state index in [1.807, 2.05) is 12.1 Å². The Kier molecular flexibility index (Phi) is 4.52. The average molecular weight is 249 g/mol. The Hall–Kier alpha value is -1.62. The Morgan fingerprint density at radius 3 is 2.89 bits per heavy atom. The van der Waals surface area contributed by atoms with Gasteiger partial charge >= 0.3 is 0 Å². The number of hydrogen-bond donors (Lipinski definition) is 2. The minimum absolute atomic E-state index is 0.0915. The summed E-state index contributed by atoms with van der Waals surface area (Å²) in [5.74, 6) is 0.893. The third-order valence-corrected chi connectivity index (χ3v) is 3.13. The molecule has 0 unspecified atom stereocenters. The second-order valence-corrected chi connectivity index (χ2v) is 4.47. The number of pyridine rings is 1. The number of ether oxygens (including phenoxy) is 1. The summed E-state index contributed by atoms with van der Waals surface area (Å²) >= 11 is 0. The molecule has 1 aromatic heterocycles. The lowest BCUT2D eigenvalue weighted by molar-refractivity contribution is -0.122. The van der Waals surface area contributed by atoms with E-state index in [0.717, 1.165) is 31.5 Å². The van der Waals surface area contributed by atoms with Crippen molar-refractivity contribution in [3.05, 3.63) is 18.3 Å². The van der Waals surface area contributed by atoms with Gasteiger partial charge in [0.1, 0.15) is 5.82 Å². The van der Waals surface area contributed by atoms with Gasteiger partial charge < -0.3 is 15.4 Å². The van der Waals surface area contributed by atoms with Crippen LogP contribution in [0.2, 0.25) is 0 Å². The molecule has 1 heterocycles. The fourth-order valence-electron chi connectivity index (χ4n) is 1.77. The molecule has 5 heteroatoms. The lowest BCUT2D eigenvalue weighted by Gasteiger charge is -2.23. The van der Waals surface area contributed by atoms with Crippen LogP contribution in [0, 0.1) is 5.92 Å². The van der Waals surface area contributed by atoms with Crippen LogP contribution in [0.1, 0.15) is 19.3 Å². The molecule has 1 saturated carbocycles. The summed E-state index contributed by atoms with van der Waals surface area (Å²) in [4.78, 5) is 15.9. The number of aromatic nitrogens is 1. The van der Waals surface area contributed by atoms with Crippen molar-refractivity contribution in [3.63, 3.8) is 0 Å². The molecule has 98 valence electrons. The van der Waals surface area contributed by atoms with E-state index >= 15 is 0 Å². The van der Waals surface area contributed by atoms with Crippen molar-refractivity contribution in [2.75, 3.05) is 30.9 Å². The summed E-state index contributed by atoms with van der Waals surface area (Å²) in [5, 5.41) is 6.01. The molecule has 0 bridgehead atoms. The largest absolute Gasteiger partial charge is 0.383 e. The first-order valence-corrected chi connectivity index (χ1v) is 6.29. The van der Waals surface area contributed by atoms with Gasteiger partial charge in [0.2, 0.25) is 5.91 Å². The van der Waals surface area contributed by atoms with Crippen LogP contribution in [0.5, 0.6) is 0 Å². The van der Waals surface area contributed by atoms with Crippen LogP contribution in [0.15, 0.2) is 18.3 Å².